The van der Waals surface area contributed by atoms with E-state index in [0.29, 0.717) is 0 Å². The van der Waals surface area contributed by atoms with Crippen molar-refractivity contribution in [2.45, 2.75) is 26.7 Å². The fourth-order valence-corrected chi connectivity index (χ4v) is 2.91. The van der Waals surface area contributed by atoms with Gasteiger partial charge in [-0.2, -0.15) is 0 Å². The summed E-state index contributed by atoms with van der Waals surface area (Å²) >= 11 is 0. The van der Waals surface area contributed by atoms with Crippen molar-refractivity contribution >= 4 is 5.95 Å². The summed E-state index contributed by atoms with van der Waals surface area (Å²) in [4.78, 5) is 13.3. The Balaban J connectivity index is 1.85. The van der Waals surface area contributed by atoms with Gasteiger partial charge in [0.05, 0.1) is 0 Å². The van der Waals surface area contributed by atoms with Crippen LogP contribution in [-0.4, -0.2) is 59.3 Å². The minimum absolute atomic E-state index is 0.0279. The van der Waals surface area contributed by atoms with Gasteiger partial charge in [-0.3, -0.25) is 4.90 Å². The van der Waals surface area contributed by atoms with Crippen molar-refractivity contribution < 1.29 is 5.11 Å². The molecule has 1 saturated heterocycles. The van der Waals surface area contributed by atoms with Crippen LogP contribution in [0.15, 0.2) is 18.5 Å². The average Bonchev–Trinajstić information content (AvgIpc) is 2.49. The molecular formula is C15H26N4O. The normalized spacial score (nSPS) is 19.9. The van der Waals surface area contributed by atoms with Gasteiger partial charge in [-0.1, -0.05) is 20.3 Å². The first-order chi connectivity index (χ1) is 9.67. The van der Waals surface area contributed by atoms with E-state index in [2.05, 4.69) is 33.6 Å². The molecule has 0 radical (unpaired) electrons. The molecule has 0 aromatic carbocycles. The molecule has 20 heavy (non-hydrogen) atoms. The smallest absolute Gasteiger partial charge is 0.225 e. The van der Waals surface area contributed by atoms with E-state index in [1.54, 1.807) is 12.4 Å². The highest BCUT2D eigenvalue weighted by Gasteiger charge is 2.28. The van der Waals surface area contributed by atoms with Crippen LogP contribution in [0.5, 0.6) is 0 Å². The van der Waals surface area contributed by atoms with Crippen molar-refractivity contribution in [3.05, 3.63) is 18.5 Å². The van der Waals surface area contributed by atoms with Gasteiger partial charge in [0.25, 0.3) is 0 Å². The Labute approximate surface area is 121 Å². The summed E-state index contributed by atoms with van der Waals surface area (Å²) in [5.74, 6) is 0.825. The number of rotatable bonds is 6. The van der Waals surface area contributed by atoms with E-state index in [9.17, 15) is 5.11 Å². The summed E-state index contributed by atoms with van der Waals surface area (Å²) in [6.45, 7) is 9.54. The number of hydrogen-bond donors (Lipinski definition) is 1. The maximum atomic E-state index is 9.62. The van der Waals surface area contributed by atoms with Crippen LogP contribution in [0.1, 0.15) is 26.7 Å². The minimum atomic E-state index is 0.0279. The standard InChI is InChI=1S/C15H26N4O/c1-3-5-15(2,13-20)12-18-8-10-19(11-9-18)14-16-6-4-7-17-14/h4,6-7,20H,3,5,8-13H2,1-2H3. The highest BCUT2D eigenvalue weighted by atomic mass is 16.3. The molecule has 5 heteroatoms. The quantitative estimate of drug-likeness (QED) is 0.852. The lowest BCUT2D eigenvalue weighted by molar-refractivity contribution is 0.0770. The summed E-state index contributed by atoms with van der Waals surface area (Å²) in [5, 5.41) is 9.62. The van der Waals surface area contributed by atoms with Crippen LogP contribution in [0.4, 0.5) is 5.95 Å². The zero-order valence-corrected chi connectivity index (χ0v) is 12.6. The molecule has 5 nitrogen and oxygen atoms in total. The first kappa shape index (κ1) is 15.2. The van der Waals surface area contributed by atoms with Crippen LogP contribution in [0.2, 0.25) is 0 Å². The number of aliphatic hydroxyl groups excluding tert-OH is 1. The van der Waals surface area contributed by atoms with E-state index >= 15 is 0 Å². The summed E-state index contributed by atoms with van der Waals surface area (Å²) in [7, 11) is 0. The lowest BCUT2D eigenvalue weighted by Gasteiger charge is -2.39. The zero-order valence-electron chi connectivity index (χ0n) is 12.6. The van der Waals surface area contributed by atoms with Crippen molar-refractivity contribution in [2.24, 2.45) is 5.41 Å². The topological polar surface area (TPSA) is 52.5 Å². The lowest BCUT2D eigenvalue weighted by atomic mass is 9.86. The molecule has 0 aliphatic carbocycles. The van der Waals surface area contributed by atoms with E-state index in [1.165, 1.54) is 0 Å². The zero-order chi connectivity index (χ0) is 14.4. The molecule has 0 bridgehead atoms. The molecule has 0 spiro atoms. The maximum Gasteiger partial charge on any atom is 0.225 e. The van der Waals surface area contributed by atoms with E-state index in [-0.39, 0.29) is 12.0 Å². The number of anilines is 1. The highest BCUT2D eigenvalue weighted by molar-refractivity contribution is 5.29. The molecule has 2 rings (SSSR count). The predicted octanol–water partition coefficient (Wildman–Crippen LogP) is 1.40. The second-order valence-corrected chi connectivity index (χ2v) is 6.03. The minimum Gasteiger partial charge on any atom is -0.396 e. The predicted molar refractivity (Wildman–Crippen MR) is 80.8 cm³/mol. The number of hydrogen-bond acceptors (Lipinski definition) is 5. The van der Waals surface area contributed by atoms with Crippen LogP contribution in [0.3, 0.4) is 0 Å². The molecule has 112 valence electrons. The number of aliphatic hydroxyl groups is 1. The molecule has 1 aliphatic rings. The lowest BCUT2D eigenvalue weighted by Crippen LogP contribution is -2.50. The molecule has 2 heterocycles. The molecule has 1 fully saturated rings. The third-order valence-corrected chi connectivity index (χ3v) is 4.05. The van der Waals surface area contributed by atoms with Crippen LogP contribution >= 0.6 is 0 Å². The summed E-state index contributed by atoms with van der Waals surface area (Å²) in [6.07, 6.45) is 5.78. The molecule has 1 N–H and O–H groups in total. The van der Waals surface area contributed by atoms with Crippen molar-refractivity contribution in [1.29, 1.82) is 0 Å². The van der Waals surface area contributed by atoms with Crippen LogP contribution in [-0.2, 0) is 0 Å². The third kappa shape index (κ3) is 3.90. The Hall–Kier alpha value is -1.20. The van der Waals surface area contributed by atoms with Gasteiger partial charge in [0.1, 0.15) is 0 Å². The monoisotopic (exact) mass is 278 g/mol. The molecule has 1 unspecified atom stereocenters. The Bertz CT molecular complexity index is 392. The Morgan fingerprint density at radius 1 is 1.20 bits per heavy atom. The summed E-state index contributed by atoms with van der Waals surface area (Å²) in [5.41, 5.74) is 0.0279. The average molecular weight is 278 g/mol. The van der Waals surface area contributed by atoms with Crippen molar-refractivity contribution in [2.75, 3.05) is 44.2 Å². The van der Waals surface area contributed by atoms with Crippen molar-refractivity contribution in [3.8, 4) is 0 Å². The molecule has 0 amide bonds. The van der Waals surface area contributed by atoms with E-state index in [0.717, 1.165) is 51.5 Å². The van der Waals surface area contributed by atoms with Gasteiger partial charge in [0.15, 0.2) is 0 Å². The Morgan fingerprint density at radius 2 is 1.85 bits per heavy atom. The maximum absolute atomic E-state index is 9.62. The van der Waals surface area contributed by atoms with Gasteiger partial charge in [-0.15, -0.1) is 0 Å². The largest absolute Gasteiger partial charge is 0.396 e. The third-order valence-electron chi connectivity index (χ3n) is 4.05. The SMILES string of the molecule is CCCC(C)(CO)CN1CCN(c2ncccn2)CC1. The fourth-order valence-electron chi connectivity index (χ4n) is 2.91. The summed E-state index contributed by atoms with van der Waals surface area (Å²) < 4.78 is 0. The van der Waals surface area contributed by atoms with Crippen molar-refractivity contribution in [3.63, 3.8) is 0 Å². The van der Waals surface area contributed by atoms with Gasteiger partial charge in [-0.05, 0) is 12.5 Å². The number of nitrogens with zero attached hydrogens (tertiary/aromatic N) is 4. The molecule has 1 aromatic heterocycles. The molecular weight excluding hydrogens is 252 g/mol. The van der Waals surface area contributed by atoms with E-state index in [1.807, 2.05) is 6.07 Å². The number of aromatic nitrogens is 2. The highest BCUT2D eigenvalue weighted by Crippen LogP contribution is 2.24. The molecule has 1 atom stereocenters. The van der Waals surface area contributed by atoms with Crippen LogP contribution in [0.25, 0.3) is 0 Å². The van der Waals surface area contributed by atoms with Crippen LogP contribution < -0.4 is 4.90 Å². The summed E-state index contributed by atoms with van der Waals surface area (Å²) in [6, 6.07) is 1.84. The van der Waals surface area contributed by atoms with Crippen LogP contribution in [0, 0.1) is 5.41 Å². The van der Waals surface area contributed by atoms with Crippen molar-refractivity contribution in [1.82, 2.24) is 14.9 Å². The molecule has 1 aliphatic heterocycles. The van der Waals surface area contributed by atoms with E-state index in [4.69, 9.17) is 0 Å². The second kappa shape index (κ2) is 6.99. The second-order valence-electron chi connectivity index (χ2n) is 6.03. The fraction of sp³-hybridized carbons (Fsp3) is 0.733. The molecule has 1 aromatic rings. The van der Waals surface area contributed by atoms with Gasteiger partial charge in [0, 0.05) is 57.1 Å². The first-order valence-electron chi connectivity index (χ1n) is 7.52. The van der Waals surface area contributed by atoms with Gasteiger partial charge < -0.3 is 10.0 Å². The number of piperazine rings is 1. The Morgan fingerprint density at radius 3 is 2.40 bits per heavy atom. The van der Waals surface area contributed by atoms with E-state index < -0.39 is 0 Å². The van der Waals surface area contributed by atoms with Gasteiger partial charge in [0.2, 0.25) is 5.95 Å². The first-order valence-corrected chi connectivity index (χ1v) is 7.52. The van der Waals surface area contributed by atoms with Gasteiger partial charge >= 0.3 is 0 Å². The Kier molecular flexibility index (Phi) is 5.31. The molecule has 0 saturated carbocycles. The van der Waals surface area contributed by atoms with Gasteiger partial charge in [-0.25, -0.2) is 9.97 Å².